The van der Waals surface area contributed by atoms with Gasteiger partial charge in [0.1, 0.15) is 17.4 Å². The molecule has 1 fully saturated rings. The molecule has 0 saturated carbocycles. The molecule has 0 N–H and O–H groups in total. The van der Waals surface area contributed by atoms with Gasteiger partial charge in [-0.05, 0) is 66.8 Å². The molecule has 0 atom stereocenters. The van der Waals surface area contributed by atoms with Crippen molar-refractivity contribution in [2.75, 3.05) is 20.2 Å². The van der Waals surface area contributed by atoms with Crippen molar-refractivity contribution in [1.29, 1.82) is 0 Å². The largest absolute Gasteiger partial charge is 0.495 e. The molecule has 32 heavy (non-hydrogen) atoms. The molecule has 0 spiro atoms. The van der Waals surface area contributed by atoms with Gasteiger partial charge in [0.15, 0.2) is 0 Å². The second-order valence-electron chi connectivity index (χ2n) is 7.94. The molecule has 5 rings (SSSR count). The van der Waals surface area contributed by atoms with E-state index in [1.807, 2.05) is 34.8 Å². The van der Waals surface area contributed by atoms with Crippen molar-refractivity contribution in [3.05, 3.63) is 83.2 Å². The van der Waals surface area contributed by atoms with Crippen LogP contribution in [0.15, 0.2) is 70.7 Å². The summed E-state index contributed by atoms with van der Waals surface area (Å²) < 4.78 is 20.9. The van der Waals surface area contributed by atoms with Gasteiger partial charge >= 0.3 is 0 Å². The minimum atomic E-state index is -0.248. The normalized spacial score (nSPS) is 17.1. The minimum Gasteiger partial charge on any atom is -0.495 e. The van der Waals surface area contributed by atoms with Crippen LogP contribution >= 0.6 is 0 Å². The number of aryl methyl sites for hydroxylation is 1. The Bertz CT molecular complexity index is 1240. The Hall–Kier alpha value is -3.74. The maximum absolute atomic E-state index is 13.3. The maximum atomic E-state index is 13.3. The van der Waals surface area contributed by atoms with Crippen LogP contribution in [0.1, 0.15) is 29.7 Å². The quantitative estimate of drug-likeness (QED) is 0.608. The number of halogens is 1. The van der Waals surface area contributed by atoms with Crippen LogP contribution in [0.2, 0.25) is 0 Å². The van der Waals surface area contributed by atoms with Gasteiger partial charge in [-0.1, -0.05) is 18.2 Å². The highest BCUT2D eigenvalue weighted by Crippen LogP contribution is 2.28. The summed E-state index contributed by atoms with van der Waals surface area (Å²) in [5.74, 6) is 1.45. The summed E-state index contributed by atoms with van der Waals surface area (Å²) in [5, 5.41) is 6.78. The smallest absolute Gasteiger partial charge is 0.147 e. The summed E-state index contributed by atoms with van der Waals surface area (Å²) in [6.07, 6.45) is 7.87. The zero-order chi connectivity index (χ0) is 22.1. The summed E-state index contributed by atoms with van der Waals surface area (Å²) in [6, 6.07) is 12.6. The van der Waals surface area contributed by atoms with E-state index in [0.29, 0.717) is 6.54 Å². The van der Waals surface area contributed by atoms with Crippen LogP contribution in [0.25, 0.3) is 11.8 Å². The average molecular weight is 429 g/mol. The summed E-state index contributed by atoms with van der Waals surface area (Å²) in [4.78, 5) is 9.13. The number of rotatable bonds is 4. The highest BCUT2D eigenvalue weighted by molar-refractivity contribution is 6.10. The number of piperidine rings is 1. The first-order valence-electron chi connectivity index (χ1n) is 10.7. The number of hydrogen-bond acceptors (Lipinski definition) is 5. The van der Waals surface area contributed by atoms with Crippen LogP contribution in [0.4, 0.5) is 4.39 Å². The van der Waals surface area contributed by atoms with Gasteiger partial charge in [0.25, 0.3) is 0 Å². The molecule has 3 heterocycles. The molecule has 0 aliphatic carbocycles. The van der Waals surface area contributed by atoms with Crippen LogP contribution in [0.3, 0.4) is 0 Å². The van der Waals surface area contributed by atoms with E-state index in [9.17, 15) is 4.39 Å². The van der Waals surface area contributed by atoms with Crippen molar-refractivity contribution in [2.24, 2.45) is 10.1 Å². The molecule has 2 aliphatic rings. The molecule has 0 radical (unpaired) electrons. The van der Waals surface area contributed by atoms with E-state index in [0.717, 1.165) is 64.8 Å². The number of hydrogen-bond donors (Lipinski definition) is 0. The summed E-state index contributed by atoms with van der Waals surface area (Å²) in [5.41, 5.74) is 5.87. The second kappa shape index (κ2) is 8.42. The Morgan fingerprint density at radius 2 is 1.97 bits per heavy atom. The lowest BCUT2D eigenvalue weighted by molar-refractivity contribution is 0.407. The molecule has 162 valence electrons. The van der Waals surface area contributed by atoms with Gasteiger partial charge in [-0.3, -0.25) is 4.99 Å². The van der Waals surface area contributed by atoms with Gasteiger partial charge in [-0.2, -0.15) is 5.10 Å². The first-order valence-corrected chi connectivity index (χ1v) is 10.7. The third-order valence-electron chi connectivity index (χ3n) is 5.68. The van der Waals surface area contributed by atoms with Gasteiger partial charge in [0.2, 0.25) is 0 Å². The van der Waals surface area contributed by atoms with Gasteiger partial charge in [0, 0.05) is 12.7 Å². The fraction of sp³-hybridized carbons (Fsp3) is 0.240. The summed E-state index contributed by atoms with van der Waals surface area (Å²) in [7, 11) is 1.68. The molecule has 0 amide bonds. The Balaban J connectivity index is 1.42. The number of ether oxygens (including phenoxy) is 1. The fourth-order valence-corrected chi connectivity index (χ4v) is 4.09. The second-order valence-corrected chi connectivity index (χ2v) is 7.94. The van der Waals surface area contributed by atoms with Gasteiger partial charge in [0.05, 0.1) is 37.1 Å². The number of imidazole rings is 1. The fourth-order valence-electron chi connectivity index (χ4n) is 4.09. The lowest BCUT2D eigenvalue weighted by Crippen LogP contribution is -2.37. The lowest BCUT2D eigenvalue weighted by atomic mass is 10.00. The molecule has 6 nitrogen and oxygen atoms in total. The minimum absolute atomic E-state index is 0.248. The number of benzene rings is 2. The first-order chi connectivity index (χ1) is 15.6. The summed E-state index contributed by atoms with van der Waals surface area (Å²) >= 11 is 0. The molecule has 3 aromatic rings. The van der Waals surface area contributed by atoms with Crippen LogP contribution in [0.5, 0.6) is 5.75 Å². The SMILES string of the molecule is COc1cc(/C=C2\CCCN3N=C(c4ccc(F)cc4)CN=C23)ccc1-n1cnc(C)c1. The summed E-state index contributed by atoms with van der Waals surface area (Å²) in [6.45, 7) is 3.27. The standard InChI is InChI=1S/C25H24FN5O/c1-17-15-30(16-28-17)23-10-5-18(13-24(23)32-2)12-20-4-3-11-31-25(20)27-14-22(29-31)19-6-8-21(26)9-7-19/h5-10,12-13,15-16H,3-4,11,14H2,1-2H3/b20-12+. The average Bonchev–Trinajstić information content (AvgIpc) is 3.25. The van der Waals surface area contributed by atoms with E-state index in [1.54, 1.807) is 25.6 Å². The zero-order valence-corrected chi connectivity index (χ0v) is 18.1. The topological polar surface area (TPSA) is 55.0 Å². The predicted molar refractivity (Wildman–Crippen MR) is 124 cm³/mol. The molecule has 2 aliphatic heterocycles. The number of hydrazone groups is 1. The lowest BCUT2D eigenvalue weighted by Gasteiger charge is -2.31. The van der Waals surface area contributed by atoms with Crippen molar-refractivity contribution < 1.29 is 9.13 Å². The first kappa shape index (κ1) is 20.2. The van der Waals surface area contributed by atoms with E-state index < -0.39 is 0 Å². The van der Waals surface area contributed by atoms with E-state index in [4.69, 9.17) is 14.8 Å². The van der Waals surface area contributed by atoms with Crippen molar-refractivity contribution in [1.82, 2.24) is 14.6 Å². The Morgan fingerprint density at radius 3 is 2.72 bits per heavy atom. The zero-order valence-electron chi connectivity index (χ0n) is 18.1. The number of aromatic nitrogens is 2. The number of amidine groups is 1. The number of fused-ring (bicyclic) bond motifs is 1. The van der Waals surface area contributed by atoms with Crippen molar-refractivity contribution in [2.45, 2.75) is 19.8 Å². The van der Waals surface area contributed by atoms with Crippen molar-refractivity contribution >= 4 is 17.6 Å². The van der Waals surface area contributed by atoms with Crippen molar-refractivity contribution in [3.8, 4) is 11.4 Å². The maximum Gasteiger partial charge on any atom is 0.147 e. The van der Waals surface area contributed by atoms with Crippen molar-refractivity contribution in [3.63, 3.8) is 0 Å². The highest BCUT2D eigenvalue weighted by atomic mass is 19.1. The molecule has 7 heteroatoms. The molecule has 0 unspecified atom stereocenters. The third kappa shape index (κ3) is 3.93. The van der Waals surface area contributed by atoms with E-state index >= 15 is 0 Å². The molecule has 1 aromatic heterocycles. The molecule has 0 bridgehead atoms. The highest BCUT2D eigenvalue weighted by Gasteiger charge is 2.25. The van der Waals surface area contributed by atoms with E-state index in [1.165, 1.54) is 12.1 Å². The van der Waals surface area contributed by atoms with Gasteiger partial charge in [-0.25, -0.2) is 14.4 Å². The van der Waals surface area contributed by atoms with Crippen LogP contribution in [-0.4, -0.2) is 46.3 Å². The molecular formula is C25H24FN5O. The van der Waals surface area contributed by atoms with Crippen LogP contribution in [-0.2, 0) is 0 Å². The predicted octanol–water partition coefficient (Wildman–Crippen LogP) is 4.62. The Labute approximate surface area is 186 Å². The van der Waals surface area contributed by atoms with E-state index in [2.05, 4.69) is 17.1 Å². The number of nitrogens with zero attached hydrogens (tertiary/aromatic N) is 5. The van der Waals surface area contributed by atoms with Crippen LogP contribution in [0, 0.1) is 12.7 Å². The Kier molecular flexibility index (Phi) is 5.31. The molecular weight excluding hydrogens is 405 g/mol. The van der Waals surface area contributed by atoms with Crippen LogP contribution < -0.4 is 4.74 Å². The molecule has 2 aromatic carbocycles. The monoisotopic (exact) mass is 429 g/mol. The number of aliphatic imine (C=N–C) groups is 1. The van der Waals surface area contributed by atoms with Gasteiger partial charge < -0.3 is 9.30 Å². The molecule has 1 saturated heterocycles. The Morgan fingerprint density at radius 1 is 1.12 bits per heavy atom. The van der Waals surface area contributed by atoms with E-state index in [-0.39, 0.29) is 5.82 Å². The van der Waals surface area contributed by atoms with Gasteiger partial charge in [-0.15, -0.1) is 0 Å². The number of methoxy groups -OCH3 is 1. The third-order valence-corrected chi connectivity index (χ3v) is 5.68.